The number of anilines is 1. The van der Waals surface area contributed by atoms with Crippen LogP contribution < -0.4 is 15.0 Å². The molecular weight excluding hydrogens is 352 g/mol. The molecule has 28 heavy (non-hydrogen) atoms. The van der Waals surface area contributed by atoms with Crippen LogP contribution in [0.5, 0.6) is 5.75 Å². The molecule has 2 aromatic heterocycles. The first-order chi connectivity index (χ1) is 13.6. The number of rotatable bonds is 2. The lowest BCUT2D eigenvalue weighted by Crippen LogP contribution is -2.43. The fourth-order valence-corrected chi connectivity index (χ4v) is 4.30. The monoisotopic (exact) mass is 376 g/mol. The molecule has 4 heterocycles. The van der Waals surface area contributed by atoms with Crippen LogP contribution in [0.3, 0.4) is 0 Å². The molecule has 3 aromatic rings. The maximum Gasteiger partial charge on any atom is 0.319 e. The normalized spacial score (nSPS) is 19.6. The molecule has 2 aliphatic heterocycles. The maximum atomic E-state index is 12.8. The molecule has 5 rings (SSSR count). The van der Waals surface area contributed by atoms with Crippen LogP contribution in [0.2, 0.25) is 0 Å². The molecule has 0 bridgehead atoms. The number of hydrogen-bond donors (Lipinski definition) is 1. The van der Waals surface area contributed by atoms with Gasteiger partial charge in [-0.3, -0.25) is 9.78 Å². The molecule has 1 saturated heterocycles. The van der Waals surface area contributed by atoms with Crippen LogP contribution in [0.4, 0.5) is 5.69 Å². The Morgan fingerprint density at radius 3 is 2.79 bits per heavy atom. The van der Waals surface area contributed by atoms with Crippen molar-refractivity contribution < 1.29 is 9.53 Å². The summed E-state index contributed by atoms with van der Waals surface area (Å²) in [5.74, 6) is 0.245. The van der Waals surface area contributed by atoms with E-state index in [1.165, 1.54) is 0 Å². The van der Waals surface area contributed by atoms with Crippen molar-refractivity contribution in [3.63, 3.8) is 0 Å². The summed E-state index contributed by atoms with van der Waals surface area (Å²) < 4.78 is 7.83. The van der Waals surface area contributed by atoms with Crippen molar-refractivity contribution in [2.75, 3.05) is 31.1 Å². The second-order valence-electron chi connectivity index (χ2n) is 7.74. The Morgan fingerprint density at radius 2 is 1.96 bits per heavy atom. The SMILES string of the molecule is Cc1cn2cc(C3Cc4ccc(N5CCNCC5)cc4OC3=O)cc2c(C)n1. The summed E-state index contributed by atoms with van der Waals surface area (Å²) in [4.78, 5) is 19.7. The Balaban J connectivity index is 1.45. The summed E-state index contributed by atoms with van der Waals surface area (Å²) >= 11 is 0. The zero-order chi connectivity index (χ0) is 19.3. The average molecular weight is 376 g/mol. The molecule has 1 N–H and O–H groups in total. The van der Waals surface area contributed by atoms with Crippen LogP contribution in [0.15, 0.2) is 36.7 Å². The Bertz CT molecular complexity index is 1070. The average Bonchev–Trinajstić information content (AvgIpc) is 3.12. The fraction of sp³-hybridized carbons (Fsp3) is 0.364. The van der Waals surface area contributed by atoms with E-state index in [1.54, 1.807) is 0 Å². The molecule has 1 fully saturated rings. The van der Waals surface area contributed by atoms with Crippen molar-refractivity contribution in [3.8, 4) is 5.75 Å². The zero-order valence-corrected chi connectivity index (χ0v) is 16.2. The van der Waals surface area contributed by atoms with E-state index in [-0.39, 0.29) is 11.9 Å². The number of ether oxygens (including phenoxy) is 1. The zero-order valence-electron chi connectivity index (χ0n) is 16.2. The molecule has 0 spiro atoms. The van der Waals surface area contributed by atoms with E-state index >= 15 is 0 Å². The lowest BCUT2D eigenvalue weighted by Gasteiger charge is -2.31. The van der Waals surface area contributed by atoms with E-state index in [4.69, 9.17) is 4.74 Å². The van der Waals surface area contributed by atoms with Crippen LogP contribution in [-0.4, -0.2) is 41.5 Å². The van der Waals surface area contributed by atoms with E-state index in [9.17, 15) is 4.79 Å². The highest BCUT2D eigenvalue weighted by Crippen LogP contribution is 2.36. The second-order valence-corrected chi connectivity index (χ2v) is 7.74. The van der Waals surface area contributed by atoms with Crippen LogP contribution in [-0.2, 0) is 11.2 Å². The highest BCUT2D eigenvalue weighted by Gasteiger charge is 2.31. The maximum absolute atomic E-state index is 12.8. The highest BCUT2D eigenvalue weighted by atomic mass is 16.5. The number of carbonyl (C=O) groups excluding carboxylic acids is 1. The third-order valence-electron chi connectivity index (χ3n) is 5.76. The van der Waals surface area contributed by atoms with Gasteiger partial charge >= 0.3 is 5.97 Å². The van der Waals surface area contributed by atoms with E-state index in [0.29, 0.717) is 12.2 Å². The molecule has 6 heteroatoms. The van der Waals surface area contributed by atoms with Gasteiger partial charge in [-0.2, -0.15) is 0 Å². The standard InChI is InChI=1S/C22H24N4O2/c1-14-12-26-13-17(10-20(26)15(2)24-14)19-9-16-3-4-18(11-21(16)28-22(19)27)25-7-5-23-6-8-25/h3-4,10-13,19,23H,5-9H2,1-2H3. The largest absolute Gasteiger partial charge is 0.426 e. The van der Waals surface area contributed by atoms with Gasteiger partial charge in [-0.1, -0.05) is 6.07 Å². The summed E-state index contributed by atoms with van der Waals surface area (Å²) in [6.45, 7) is 7.88. The number of aryl methyl sites for hydroxylation is 2. The summed E-state index contributed by atoms with van der Waals surface area (Å²) in [6.07, 6.45) is 4.69. The van der Waals surface area contributed by atoms with E-state index < -0.39 is 0 Å². The Labute approximate surface area is 164 Å². The molecule has 0 saturated carbocycles. The van der Waals surface area contributed by atoms with Gasteiger partial charge in [0, 0.05) is 50.3 Å². The number of carbonyl (C=O) groups is 1. The molecular formula is C22H24N4O2. The number of benzene rings is 1. The lowest BCUT2D eigenvalue weighted by molar-refractivity contribution is -0.137. The Kier molecular flexibility index (Phi) is 4.09. The minimum absolute atomic E-state index is 0.178. The fourth-order valence-electron chi connectivity index (χ4n) is 4.30. The third kappa shape index (κ3) is 2.94. The van der Waals surface area contributed by atoms with Gasteiger partial charge in [0.25, 0.3) is 0 Å². The third-order valence-corrected chi connectivity index (χ3v) is 5.76. The van der Waals surface area contributed by atoms with Gasteiger partial charge in [-0.15, -0.1) is 0 Å². The van der Waals surface area contributed by atoms with Gasteiger partial charge in [0.2, 0.25) is 0 Å². The van der Waals surface area contributed by atoms with Crippen molar-refractivity contribution in [2.24, 2.45) is 0 Å². The van der Waals surface area contributed by atoms with Gasteiger partial charge in [0.15, 0.2) is 0 Å². The second kappa shape index (κ2) is 6.63. The van der Waals surface area contributed by atoms with Gasteiger partial charge in [-0.05, 0) is 43.5 Å². The number of esters is 1. The number of fused-ring (bicyclic) bond motifs is 2. The summed E-state index contributed by atoms with van der Waals surface area (Å²) in [6, 6.07) is 8.34. The summed E-state index contributed by atoms with van der Waals surface area (Å²) in [5, 5.41) is 3.36. The molecule has 1 unspecified atom stereocenters. The van der Waals surface area contributed by atoms with Crippen molar-refractivity contribution in [2.45, 2.75) is 26.2 Å². The van der Waals surface area contributed by atoms with Crippen molar-refractivity contribution in [1.29, 1.82) is 0 Å². The number of nitrogens with one attached hydrogen (secondary N) is 1. The summed E-state index contributed by atoms with van der Waals surface area (Å²) in [7, 11) is 0. The van der Waals surface area contributed by atoms with Crippen molar-refractivity contribution in [3.05, 3.63) is 59.2 Å². The van der Waals surface area contributed by atoms with Gasteiger partial charge < -0.3 is 19.4 Å². The molecule has 2 aliphatic rings. The van der Waals surface area contributed by atoms with E-state index in [1.807, 2.05) is 32.3 Å². The number of piperazine rings is 1. The molecule has 0 aliphatic carbocycles. The predicted molar refractivity (Wildman–Crippen MR) is 108 cm³/mol. The molecule has 1 atom stereocenters. The Morgan fingerprint density at radius 1 is 1.14 bits per heavy atom. The minimum atomic E-state index is -0.280. The van der Waals surface area contributed by atoms with Crippen LogP contribution >= 0.6 is 0 Å². The van der Waals surface area contributed by atoms with Crippen LogP contribution in [0.25, 0.3) is 5.52 Å². The van der Waals surface area contributed by atoms with Crippen LogP contribution in [0.1, 0.15) is 28.4 Å². The molecule has 144 valence electrons. The van der Waals surface area contributed by atoms with Crippen molar-refractivity contribution >= 4 is 17.2 Å². The summed E-state index contributed by atoms with van der Waals surface area (Å²) in [5.41, 5.74) is 6.16. The first kappa shape index (κ1) is 17.3. The quantitative estimate of drug-likeness (QED) is 0.550. The van der Waals surface area contributed by atoms with Crippen molar-refractivity contribution in [1.82, 2.24) is 14.7 Å². The minimum Gasteiger partial charge on any atom is -0.426 e. The topological polar surface area (TPSA) is 58.9 Å². The number of hydrogen-bond acceptors (Lipinski definition) is 5. The Hall–Kier alpha value is -2.86. The molecule has 0 radical (unpaired) electrons. The van der Waals surface area contributed by atoms with Gasteiger partial charge in [0.05, 0.1) is 22.8 Å². The highest BCUT2D eigenvalue weighted by molar-refractivity contribution is 5.84. The first-order valence-corrected chi connectivity index (χ1v) is 9.84. The lowest BCUT2D eigenvalue weighted by atomic mass is 9.91. The smallest absolute Gasteiger partial charge is 0.319 e. The molecule has 6 nitrogen and oxygen atoms in total. The number of nitrogens with zero attached hydrogens (tertiary/aromatic N) is 3. The van der Waals surface area contributed by atoms with Gasteiger partial charge in [0.1, 0.15) is 5.75 Å². The molecule has 0 amide bonds. The van der Waals surface area contributed by atoms with Gasteiger partial charge in [-0.25, -0.2) is 0 Å². The van der Waals surface area contributed by atoms with E-state index in [2.05, 4.69) is 37.8 Å². The predicted octanol–water partition coefficient (Wildman–Crippen LogP) is 2.61. The van der Waals surface area contributed by atoms with E-state index in [0.717, 1.165) is 59.9 Å². The van der Waals surface area contributed by atoms with Crippen LogP contribution in [0, 0.1) is 13.8 Å². The number of aromatic nitrogens is 2. The first-order valence-electron chi connectivity index (χ1n) is 9.84. The molecule has 1 aromatic carbocycles.